The maximum absolute atomic E-state index is 13.4. The van der Waals surface area contributed by atoms with Gasteiger partial charge in [0.05, 0.1) is 6.04 Å². The number of benzene rings is 1. The lowest BCUT2D eigenvalue weighted by Crippen LogP contribution is -2.48. The fraction of sp³-hybridized carbons (Fsp3) is 0.500. The molecule has 2 N–H and O–H groups in total. The summed E-state index contributed by atoms with van der Waals surface area (Å²) >= 11 is 0. The molecule has 1 rings (SSSR count). The van der Waals surface area contributed by atoms with Gasteiger partial charge in [0.1, 0.15) is 0 Å². The molecule has 0 aliphatic rings. The van der Waals surface area contributed by atoms with Crippen molar-refractivity contribution in [2.45, 2.75) is 38.6 Å². The van der Waals surface area contributed by atoms with Crippen LogP contribution in [0, 0.1) is 12.7 Å². The first-order valence-electron chi connectivity index (χ1n) is 5.50. The summed E-state index contributed by atoms with van der Waals surface area (Å²) in [6.07, 6.45) is -6.76. The smallest absolute Gasteiger partial charge is 0.426 e. The molecule has 102 valence electrons. The number of rotatable bonds is 4. The summed E-state index contributed by atoms with van der Waals surface area (Å²) in [5, 5.41) is 0. The second-order valence-electron chi connectivity index (χ2n) is 4.09. The average Bonchev–Trinajstić information content (AvgIpc) is 2.27. The van der Waals surface area contributed by atoms with Crippen LogP contribution in [0.3, 0.4) is 0 Å². The van der Waals surface area contributed by atoms with E-state index in [1.54, 1.807) is 6.92 Å². The molecule has 0 aliphatic carbocycles. The van der Waals surface area contributed by atoms with E-state index in [4.69, 9.17) is 10.5 Å². The molecule has 6 heteroatoms. The summed E-state index contributed by atoms with van der Waals surface area (Å²) in [6.45, 7) is 3.15. The third kappa shape index (κ3) is 3.60. The highest BCUT2D eigenvalue weighted by Gasteiger charge is 2.45. The van der Waals surface area contributed by atoms with E-state index in [9.17, 15) is 17.6 Å². The van der Waals surface area contributed by atoms with Gasteiger partial charge in [-0.05, 0) is 31.0 Å². The molecule has 0 aliphatic heterocycles. The number of hydrogen-bond acceptors (Lipinski definition) is 2. The van der Waals surface area contributed by atoms with Crippen LogP contribution < -0.4 is 10.5 Å². The van der Waals surface area contributed by atoms with E-state index in [1.165, 1.54) is 19.1 Å². The van der Waals surface area contributed by atoms with Gasteiger partial charge in [-0.2, -0.15) is 13.2 Å². The predicted molar refractivity (Wildman–Crippen MR) is 59.9 cm³/mol. The Balaban J connectivity index is 3.00. The molecule has 0 spiro atoms. The van der Waals surface area contributed by atoms with Crippen LogP contribution in [0.2, 0.25) is 0 Å². The number of hydrogen-bond donors (Lipinski definition) is 1. The number of nitrogens with two attached hydrogens (primary N) is 1. The lowest BCUT2D eigenvalue weighted by molar-refractivity contribution is -0.201. The monoisotopic (exact) mass is 265 g/mol. The summed E-state index contributed by atoms with van der Waals surface area (Å²) in [5.41, 5.74) is 5.98. The lowest BCUT2D eigenvalue weighted by Gasteiger charge is -2.26. The third-order valence-electron chi connectivity index (χ3n) is 2.52. The van der Waals surface area contributed by atoms with Gasteiger partial charge in [-0.25, -0.2) is 4.39 Å². The largest absolute Gasteiger partial charge is 0.476 e. The minimum atomic E-state index is -4.63. The molecule has 0 saturated heterocycles. The Labute approximate surface area is 103 Å². The number of aryl methyl sites for hydroxylation is 1. The van der Waals surface area contributed by atoms with Crippen molar-refractivity contribution in [2.75, 3.05) is 0 Å². The first kappa shape index (κ1) is 14.8. The van der Waals surface area contributed by atoms with E-state index in [0.717, 1.165) is 6.07 Å². The van der Waals surface area contributed by atoms with Gasteiger partial charge in [-0.3, -0.25) is 0 Å². The molecular formula is C12H15F4NO. The number of halogens is 4. The Morgan fingerprint density at radius 2 is 1.94 bits per heavy atom. The van der Waals surface area contributed by atoms with Gasteiger partial charge in [0.25, 0.3) is 0 Å². The standard InChI is InChI=1S/C12H15F4NO/c1-3-9(17)11(12(14,15)16)18-10-6-7(2)4-5-8(10)13/h4-6,9,11H,3,17H2,1-2H3. The quantitative estimate of drug-likeness (QED) is 0.848. The maximum atomic E-state index is 13.4. The average molecular weight is 265 g/mol. The van der Waals surface area contributed by atoms with Crippen molar-refractivity contribution in [3.8, 4) is 5.75 Å². The van der Waals surface area contributed by atoms with Gasteiger partial charge in [0.15, 0.2) is 11.6 Å². The van der Waals surface area contributed by atoms with E-state index in [1.807, 2.05) is 0 Å². The van der Waals surface area contributed by atoms with Crippen LogP contribution in [0.4, 0.5) is 17.6 Å². The van der Waals surface area contributed by atoms with Crippen LogP contribution in [-0.4, -0.2) is 18.3 Å². The molecule has 0 heterocycles. The van der Waals surface area contributed by atoms with Crippen LogP contribution in [0.25, 0.3) is 0 Å². The van der Waals surface area contributed by atoms with E-state index < -0.39 is 29.9 Å². The SMILES string of the molecule is CCC(N)C(Oc1cc(C)ccc1F)C(F)(F)F. The Bertz CT molecular complexity index is 406. The summed E-state index contributed by atoms with van der Waals surface area (Å²) in [6, 6.07) is 2.50. The van der Waals surface area contributed by atoms with E-state index in [2.05, 4.69) is 0 Å². The Morgan fingerprint density at radius 3 is 2.44 bits per heavy atom. The first-order valence-corrected chi connectivity index (χ1v) is 5.50. The zero-order valence-electron chi connectivity index (χ0n) is 10.1. The van der Waals surface area contributed by atoms with Crippen molar-refractivity contribution in [2.24, 2.45) is 5.73 Å². The second-order valence-corrected chi connectivity index (χ2v) is 4.09. The van der Waals surface area contributed by atoms with Crippen molar-refractivity contribution < 1.29 is 22.3 Å². The topological polar surface area (TPSA) is 35.2 Å². The van der Waals surface area contributed by atoms with E-state index in [-0.39, 0.29) is 6.42 Å². The highest BCUT2D eigenvalue weighted by molar-refractivity contribution is 5.29. The van der Waals surface area contributed by atoms with Crippen LogP contribution in [-0.2, 0) is 0 Å². The molecule has 1 aromatic rings. The van der Waals surface area contributed by atoms with Crippen LogP contribution in [0.5, 0.6) is 5.75 Å². The van der Waals surface area contributed by atoms with Crippen molar-refractivity contribution >= 4 is 0 Å². The molecular weight excluding hydrogens is 250 g/mol. The van der Waals surface area contributed by atoms with Gasteiger partial charge in [-0.1, -0.05) is 13.0 Å². The molecule has 0 amide bonds. The molecule has 0 bridgehead atoms. The third-order valence-corrected chi connectivity index (χ3v) is 2.52. The second kappa shape index (κ2) is 5.56. The predicted octanol–water partition coefficient (Wildman–Crippen LogP) is 3.18. The lowest BCUT2D eigenvalue weighted by atomic mass is 10.1. The summed E-state index contributed by atoms with van der Waals surface area (Å²) in [5.74, 6) is -1.26. The van der Waals surface area contributed by atoms with Gasteiger partial charge >= 0.3 is 6.18 Å². The zero-order chi connectivity index (χ0) is 13.9. The van der Waals surface area contributed by atoms with Gasteiger partial charge in [0, 0.05) is 0 Å². The molecule has 2 unspecified atom stereocenters. The minimum Gasteiger partial charge on any atom is -0.476 e. The van der Waals surface area contributed by atoms with E-state index in [0.29, 0.717) is 5.56 Å². The van der Waals surface area contributed by atoms with Gasteiger partial charge in [-0.15, -0.1) is 0 Å². The summed E-state index contributed by atoms with van der Waals surface area (Å²) in [7, 11) is 0. The Hall–Kier alpha value is -1.30. The van der Waals surface area contributed by atoms with Crippen molar-refractivity contribution in [3.05, 3.63) is 29.6 Å². The van der Waals surface area contributed by atoms with Crippen molar-refractivity contribution in [1.29, 1.82) is 0 Å². The van der Waals surface area contributed by atoms with Crippen LogP contribution in [0.1, 0.15) is 18.9 Å². The van der Waals surface area contributed by atoms with Gasteiger partial charge in [0.2, 0.25) is 6.10 Å². The Morgan fingerprint density at radius 1 is 1.33 bits per heavy atom. The fourth-order valence-electron chi connectivity index (χ4n) is 1.45. The molecule has 0 fully saturated rings. The maximum Gasteiger partial charge on any atom is 0.426 e. The molecule has 0 saturated carbocycles. The molecule has 2 atom stereocenters. The van der Waals surface area contributed by atoms with E-state index >= 15 is 0 Å². The number of alkyl halides is 3. The van der Waals surface area contributed by atoms with Crippen LogP contribution >= 0.6 is 0 Å². The van der Waals surface area contributed by atoms with Crippen LogP contribution in [0.15, 0.2) is 18.2 Å². The Kier molecular flexibility index (Phi) is 4.56. The highest BCUT2D eigenvalue weighted by Crippen LogP contribution is 2.29. The number of ether oxygens (including phenoxy) is 1. The summed E-state index contributed by atoms with van der Waals surface area (Å²) < 4.78 is 56.3. The fourth-order valence-corrected chi connectivity index (χ4v) is 1.45. The molecule has 18 heavy (non-hydrogen) atoms. The highest BCUT2D eigenvalue weighted by atomic mass is 19.4. The van der Waals surface area contributed by atoms with Gasteiger partial charge < -0.3 is 10.5 Å². The summed E-state index contributed by atoms with van der Waals surface area (Å²) in [4.78, 5) is 0. The normalized spacial score (nSPS) is 15.3. The molecule has 1 aromatic carbocycles. The first-order chi connectivity index (χ1) is 8.25. The zero-order valence-corrected chi connectivity index (χ0v) is 10.1. The molecule has 0 aromatic heterocycles. The molecule has 2 nitrogen and oxygen atoms in total. The van der Waals surface area contributed by atoms with Crippen molar-refractivity contribution in [3.63, 3.8) is 0 Å². The minimum absolute atomic E-state index is 0.0810. The molecule has 0 radical (unpaired) electrons. The van der Waals surface area contributed by atoms with Crippen molar-refractivity contribution in [1.82, 2.24) is 0 Å².